The van der Waals surface area contributed by atoms with E-state index < -0.39 is 24.9 Å². The molecule has 0 spiro atoms. The van der Waals surface area contributed by atoms with Crippen LogP contribution in [-0.4, -0.2) is 43.2 Å². The van der Waals surface area contributed by atoms with Crippen molar-refractivity contribution in [3.8, 4) is 0 Å². The van der Waals surface area contributed by atoms with Crippen molar-refractivity contribution in [2.75, 3.05) is 19.0 Å². The van der Waals surface area contributed by atoms with E-state index in [0.717, 1.165) is 32.1 Å². The molecule has 1 amide bonds. The topological polar surface area (TPSA) is 23.6 Å². The lowest BCUT2D eigenvalue weighted by Crippen LogP contribution is -2.52. The summed E-state index contributed by atoms with van der Waals surface area (Å²) in [7, 11) is 3.96. The highest BCUT2D eigenvalue weighted by Gasteiger charge is 2.36. The van der Waals surface area contributed by atoms with Gasteiger partial charge in [0.05, 0.1) is 12.5 Å². The van der Waals surface area contributed by atoms with E-state index in [0.29, 0.717) is 5.69 Å². The van der Waals surface area contributed by atoms with Crippen LogP contribution in [0.5, 0.6) is 0 Å². The maximum Gasteiger partial charge on any atom is 0.389 e. The number of hydrogen-bond acceptors (Lipinski definition) is 2. The molecule has 0 radical (unpaired) electrons. The lowest BCUT2D eigenvalue weighted by atomic mass is 9.98. The molecule has 1 saturated carbocycles. The maximum absolute atomic E-state index is 12.8. The van der Waals surface area contributed by atoms with E-state index in [2.05, 4.69) is 4.90 Å². The number of hydrogen-bond donors (Lipinski definition) is 0. The highest BCUT2D eigenvalue weighted by atomic mass is 19.4. The fourth-order valence-corrected chi connectivity index (χ4v) is 3.65. The van der Waals surface area contributed by atoms with E-state index in [1.54, 1.807) is 4.90 Å². The molecule has 1 aromatic rings. The molecular weight excluding hydrogens is 329 g/mol. The summed E-state index contributed by atoms with van der Waals surface area (Å²) in [6.45, 7) is 0. The third kappa shape index (κ3) is 5.73. The van der Waals surface area contributed by atoms with Gasteiger partial charge in [0.15, 0.2) is 0 Å². The third-order valence-electron chi connectivity index (χ3n) is 4.86. The first-order valence-electron chi connectivity index (χ1n) is 8.90. The molecule has 2 rings (SSSR count). The van der Waals surface area contributed by atoms with Crippen molar-refractivity contribution in [1.29, 1.82) is 0 Å². The van der Waals surface area contributed by atoms with Crippen LogP contribution in [0.3, 0.4) is 0 Å². The average molecular weight is 356 g/mol. The van der Waals surface area contributed by atoms with Gasteiger partial charge in [-0.05, 0) is 39.1 Å². The molecule has 0 aromatic heterocycles. The molecule has 0 bridgehead atoms. The molecule has 1 fully saturated rings. The van der Waals surface area contributed by atoms with Crippen molar-refractivity contribution in [2.24, 2.45) is 0 Å². The lowest BCUT2D eigenvalue weighted by Gasteiger charge is -2.39. The highest BCUT2D eigenvalue weighted by Crippen LogP contribution is 2.31. The Labute approximate surface area is 147 Å². The Morgan fingerprint density at radius 1 is 1.04 bits per heavy atom. The summed E-state index contributed by atoms with van der Waals surface area (Å²) in [5.74, 6) is -0.442. The number of alkyl halides is 3. The zero-order valence-corrected chi connectivity index (χ0v) is 14.9. The van der Waals surface area contributed by atoms with Crippen molar-refractivity contribution in [2.45, 2.75) is 63.2 Å². The Bertz CT molecular complexity index is 545. The zero-order valence-electron chi connectivity index (χ0n) is 14.9. The van der Waals surface area contributed by atoms with Crippen LogP contribution < -0.4 is 4.90 Å². The van der Waals surface area contributed by atoms with Crippen molar-refractivity contribution in [1.82, 2.24) is 4.90 Å². The quantitative estimate of drug-likeness (QED) is 0.719. The Morgan fingerprint density at radius 3 is 2.20 bits per heavy atom. The molecule has 0 heterocycles. The van der Waals surface area contributed by atoms with E-state index in [4.69, 9.17) is 0 Å². The second-order valence-corrected chi connectivity index (χ2v) is 6.95. The zero-order chi connectivity index (χ0) is 18.4. The minimum Gasteiger partial charge on any atom is -0.308 e. The largest absolute Gasteiger partial charge is 0.389 e. The smallest absolute Gasteiger partial charge is 0.308 e. The van der Waals surface area contributed by atoms with Gasteiger partial charge in [-0.1, -0.05) is 37.5 Å². The summed E-state index contributed by atoms with van der Waals surface area (Å²) >= 11 is 0. The SMILES string of the molecule is CN(C)C1CCCCCC1N(C(=O)CCC(F)(F)F)c1ccccc1. The van der Waals surface area contributed by atoms with Crippen LogP contribution in [0.15, 0.2) is 30.3 Å². The van der Waals surface area contributed by atoms with Crippen LogP contribution in [0.1, 0.15) is 44.9 Å². The number of amides is 1. The normalized spacial score (nSPS) is 21.8. The molecule has 1 aliphatic rings. The van der Waals surface area contributed by atoms with E-state index >= 15 is 0 Å². The van der Waals surface area contributed by atoms with Crippen LogP contribution in [-0.2, 0) is 4.79 Å². The second kappa shape index (κ2) is 8.70. The predicted molar refractivity (Wildman–Crippen MR) is 93.6 cm³/mol. The van der Waals surface area contributed by atoms with E-state index in [-0.39, 0.29) is 12.1 Å². The van der Waals surface area contributed by atoms with Crippen molar-refractivity contribution >= 4 is 11.6 Å². The fraction of sp³-hybridized carbons (Fsp3) is 0.632. The highest BCUT2D eigenvalue weighted by molar-refractivity contribution is 5.94. The monoisotopic (exact) mass is 356 g/mol. The standard InChI is InChI=1S/C19H27F3N2O/c1-23(2)16-11-7-4-8-12-17(16)24(15-9-5-3-6-10-15)18(25)13-14-19(20,21)22/h3,5-6,9-10,16-17H,4,7-8,11-14H2,1-2H3. The number of anilines is 1. The third-order valence-corrected chi connectivity index (χ3v) is 4.86. The summed E-state index contributed by atoms with van der Waals surface area (Å²) in [6.07, 6.45) is -0.959. The summed E-state index contributed by atoms with van der Waals surface area (Å²) in [6, 6.07) is 9.16. The molecule has 1 aromatic carbocycles. The van der Waals surface area contributed by atoms with Gasteiger partial charge in [-0.3, -0.25) is 4.79 Å². The van der Waals surface area contributed by atoms with Gasteiger partial charge in [0.25, 0.3) is 0 Å². The van der Waals surface area contributed by atoms with Gasteiger partial charge in [-0.25, -0.2) is 0 Å². The minimum absolute atomic E-state index is 0.0966. The molecule has 3 nitrogen and oxygen atoms in total. The van der Waals surface area contributed by atoms with E-state index in [1.807, 2.05) is 44.4 Å². The van der Waals surface area contributed by atoms with Gasteiger partial charge >= 0.3 is 6.18 Å². The predicted octanol–water partition coefficient (Wildman–Crippen LogP) is 4.63. The van der Waals surface area contributed by atoms with Gasteiger partial charge in [-0.15, -0.1) is 0 Å². The number of halogens is 3. The van der Waals surface area contributed by atoms with Crippen LogP contribution in [0, 0.1) is 0 Å². The number of nitrogens with zero attached hydrogens (tertiary/aromatic N) is 2. The first kappa shape index (κ1) is 19.8. The van der Waals surface area contributed by atoms with E-state index in [1.165, 1.54) is 0 Å². The van der Waals surface area contributed by atoms with Crippen LogP contribution >= 0.6 is 0 Å². The van der Waals surface area contributed by atoms with Gasteiger partial charge in [0, 0.05) is 18.2 Å². The summed E-state index contributed by atoms with van der Waals surface area (Å²) < 4.78 is 37.8. The summed E-state index contributed by atoms with van der Waals surface area (Å²) in [5, 5.41) is 0. The van der Waals surface area contributed by atoms with Crippen molar-refractivity contribution < 1.29 is 18.0 Å². The molecule has 2 unspecified atom stereocenters. The number of carbonyl (C=O) groups excluding carboxylic acids is 1. The number of benzene rings is 1. The summed E-state index contributed by atoms with van der Waals surface area (Å²) in [4.78, 5) is 16.5. The minimum atomic E-state index is -4.32. The summed E-state index contributed by atoms with van der Waals surface area (Å²) in [5.41, 5.74) is 0.688. The lowest BCUT2D eigenvalue weighted by molar-refractivity contribution is -0.143. The van der Waals surface area contributed by atoms with Gasteiger partial charge in [0.2, 0.25) is 5.91 Å². The number of likely N-dealkylation sites (N-methyl/N-ethyl adjacent to an activating group) is 1. The number of rotatable bonds is 5. The molecule has 25 heavy (non-hydrogen) atoms. The van der Waals surface area contributed by atoms with Gasteiger partial charge < -0.3 is 9.80 Å². The number of carbonyl (C=O) groups is 1. The molecule has 0 saturated heterocycles. The van der Waals surface area contributed by atoms with Crippen LogP contribution in [0.25, 0.3) is 0 Å². The fourth-order valence-electron chi connectivity index (χ4n) is 3.65. The average Bonchev–Trinajstić information content (AvgIpc) is 2.80. The van der Waals surface area contributed by atoms with Gasteiger partial charge in [0.1, 0.15) is 0 Å². The van der Waals surface area contributed by atoms with Gasteiger partial charge in [-0.2, -0.15) is 13.2 Å². The maximum atomic E-state index is 12.8. The van der Waals surface area contributed by atoms with Crippen molar-refractivity contribution in [3.63, 3.8) is 0 Å². The Hall–Kier alpha value is -1.56. The van der Waals surface area contributed by atoms with E-state index in [9.17, 15) is 18.0 Å². The first-order valence-corrected chi connectivity index (χ1v) is 8.90. The van der Waals surface area contributed by atoms with Crippen LogP contribution in [0.2, 0.25) is 0 Å². The second-order valence-electron chi connectivity index (χ2n) is 6.95. The first-order chi connectivity index (χ1) is 11.8. The molecule has 2 atom stereocenters. The molecule has 140 valence electrons. The van der Waals surface area contributed by atoms with Crippen molar-refractivity contribution in [3.05, 3.63) is 30.3 Å². The molecule has 1 aliphatic carbocycles. The molecule has 0 N–H and O–H groups in total. The Balaban J connectivity index is 2.31. The van der Waals surface area contributed by atoms with Crippen LogP contribution in [0.4, 0.5) is 18.9 Å². The number of para-hydroxylation sites is 1. The molecular formula is C19H27F3N2O. The Kier molecular flexibility index (Phi) is 6.87. The molecule has 0 aliphatic heterocycles. The molecule has 6 heteroatoms. The Morgan fingerprint density at radius 2 is 1.64 bits per heavy atom.